The van der Waals surface area contributed by atoms with E-state index >= 15 is 0 Å². The Morgan fingerprint density at radius 2 is 2.06 bits per heavy atom. The normalized spacial score (nSPS) is 14.1. The van der Waals surface area contributed by atoms with Gasteiger partial charge in [0.15, 0.2) is 5.75 Å². The molecule has 1 aliphatic heterocycles. The minimum absolute atomic E-state index is 0.698. The Morgan fingerprint density at radius 3 is 2.88 bits per heavy atom. The Balaban J connectivity index is 2.11. The zero-order valence-electron chi connectivity index (χ0n) is 9.52. The van der Waals surface area contributed by atoms with Gasteiger partial charge < -0.3 is 4.84 Å². The van der Waals surface area contributed by atoms with Gasteiger partial charge in [0.25, 0.3) is 0 Å². The number of hydrogen-bond donors (Lipinski definition) is 1. The van der Waals surface area contributed by atoms with Gasteiger partial charge in [-0.15, -0.1) is 0 Å². The first-order valence-electron chi connectivity index (χ1n) is 5.78. The van der Waals surface area contributed by atoms with Gasteiger partial charge >= 0.3 is 0 Å². The number of fused-ring (bicyclic) bond motifs is 1. The van der Waals surface area contributed by atoms with Crippen molar-refractivity contribution in [1.29, 1.82) is 0 Å². The van der Waals surface area contributed by atoms with Crippen LogP contribution in [-0.4, -0.2) is 10.4 Å². The van der Waals surface area contributed by atoms with E-state index in [0.29, 0.717) is 5.75 Å². The van der Waals surface area contributed by atoms with Gasteiger partial charge in [0.1, 0.15) is 0 Å². The molecule has 0 saturated heterocycles. The van der Waals surface area contributed by atoms with Crippen molar-refractivity contribution in [2.45, 2.75) is 32.6 Å². The first-order valence-corrected chi connectivity index (χ1v) is 5.78. The lowest BCUT2D eigenvalue weighted by Gasteiger charge is -2.25. The van der Waals surface area contributed by atoms with Crippen molar-refractivity contribution < 1.29 is 10.0 Å². The quantitative estimate of drug-likeness (QED) is 0.785. The summed E-state index contributed by atoms with van der Waals surface area (Å²) in [5, 5.41) is 10.5. The molecule has 0 atom stereocenters. The average molecular weight is 219 g/mol. The van der Waals surface area contributed by atoms with E-state index in [1.165, 1.54) is 12.8 Å². The second kappa shape index (κ2) is 5.03. The van der Waals surface area contributed by atoms with Crippen molar-refractivity contribution in [3.63, 3.8) is 0 Å². The molecule has 0 unspecified atom stereocenters. The van der Waals surface area contributed by atoms with E-state index in [1.54, 1.807) is 0 Å². The first kappa shape index (κ1) is 11.0. The molecule has 0 aromatic heterocycles. The number of rotatable bonds is 4. The van der Waals surface area contributed by atoms with Crippen LogP contribution in [0.3, 0.4) is 0 Å². The van der Waals surface area contributed by atoms with E-state index in [4.69, 9.17) is 4.84 Å². The second-order valence-corrected chi connectivity index (χ2v) is 3.99. The largest absolute Gasteiger partial charge is 0.354 e. The van der Waals surface area contributed by atoms with Crippen LogP contribution in [0, 0.1) is 0 Å². The van der Waals surface area contributed by atoms with Crippen molar-refractivity contribution in [2.24, 2.45) is 0 Å². The SMILES string of the molecule is CCCCCC1=Cc2ccccc2ON1O. The lowest BCUT2D eigenvalue weighted by atomic mass is 10.1. The molecule has 1 N–H and O–H groups in total. The van der Waals surface area contributed by atoms with Crippen LogP contribution in [0.25, 0.3) is 6.08 Å². The smallest absolute Gasteiger partial charge is 0.165 e. The van der Waals surface area contributed by atoms with E-state index in [-0.39, 0.29) is 0 Å². The maximum Gasteiger partial charge on any atom is 0.165 e. The Labute approximate surface area is 95.9 Å². The van der Waals surface area contributed by atoms with Crippen molar-refractivity contribution in [3.8, 4) is 5.75 Å². The molecule has 3 nitrogen and oxygen atoms in total. The lowest BCUT2D eigenvalue weighted by molar-refractivity contribution is -0.256. The predicted molar refractivity (Wildman–Crippen MR) is 62.8 cm³/mol. The molecule has 0 fully saturated rings. The minimum atomic E-state index is 0.698. The summed E-state index contributed by atoms with van der Waals surface area (Å²) in [4.78, 5) is 5.30. The fourth-order valence-corrected chi connectivity index (χ4v) is 1.79. The van der Waals surface area contributed by atoms with Crippen LogP contribution in [0.2, 0.25) is 0 Å². The van der Waals surface area contributed by atoms with Crippen LogP contribution in [0.5, 0.6) is 5.75 Å². The molecule has 0 radical (unpaired) electrons. The highest BCUT2D eigenvalue weighted by Crippen LogP contribution is 2.29. The third-order valence-corrected chi connectivity index (χ3v) is 2.71. The van der Waals surface area contributed by atoms with Gasteiger partial charge in [-0.3, -0.25) is 5.21 Å². The van der Waals surface area contributed by atoms with E-state index < -0.39 is 0 Å². The topological polar surface area (TPSA) is 32.7 Å². The number of nitrogens with zero attached hydrogens (tertiary/aromatic N) is 1. The van der Waals surface area contributed by atoms with Crippen LogP contribution in [0.15, 0.2) is 30.0 Å². The van der Waals surface area contributed by atoms with Crippen LogP contribution in [0.1, 0.15) is 38.2 Å². The molecule has 3 heteroatoms. The maximum atomic E-state index is 9.66. The molecule has 1 aromatic carbocycles. The second-order valence-electron chi connectivity index (χ2n) is 3.99. The fourth-order valence-electron chi connectivity index (χ4n) is 1.79. The number of hydrogen-bond acceptors (Lipinski definition) is 3. The van der Waals surface area contributed by atoms with E-state index in [2.05, 4.69) is 6.92 Å². The monoisotopic (exact) mass is 219 g/mol. The summed E-state index contributed by atoms with van der Waals surface area (Å²) in [5.41, 5.74) is 1.85. The van der Waals surface area contributed by atoms with Crippen molar-refractivity contribution in [2.75, 3.05) is 0 Å². The first-order chi connectivity index (χ1) is 7.81. The van der Waals surface area contributed by atoms with Gasteiger partial charge in [-0.05, 0) is 25.0 Å². The van der Waals surface area contributed by atoms with E-state index in [9.17, 15) is 5.21 Å². The molecular weight excluding hydrogens is 202 g/mol. The molecule has 2 rings (SSSR count). The number of unbranched alkanes of at least 4 members (excludes halogenated alkanes) is 2. The van der Waals surface area contributed by atoms with Crippen molar-refractivity contribution in [1.82, 2.24) is 5.23 Å². The zero-order chi connectivity index (χ0) is 11.4. The third kappa shape index (κ3) is 2.36. The molecule has 1 heterocycles. The van der Waals surface area contributed by atoms with E-state index in [0.717, 1.165) is 29.3 Å². The number of allylic oxidation sites excluding steroid dienone is 1. The summed E-state index contributed by atoms with van der Waals surface area (Å²) in [6.45, 7) is 2.16. The molecule has 0 amide bonds. The van der Waals surface area contributed by atoms with Gasteiger partial charge in [-0.1, -0.05) is 43.2 Å². The van der Waals surface area contributed by atoms with Gasteiger partial charge in [0, 0.05) is 5.56 Å². The van der Waals surface area contributed by atoms with Crippen molar-refractivity contribution in [3.05, 3.63) is 35.5 Å². The van der Waals surface area contributed by atoms with Gasteiger partial charge in [0.05, 0.1) is 5.70 Å². The Bertz CT molecular complexity index is 387. The van der Waals surface area contributed by atoms with Gasteiger partial charge in [-0.2, -0.15) is 0 Å². The summed E-state index contributed by atoms with van der Waals surface area (Å²) in [7, 11) is 0. The molecule has 0 aliphatic carbocycles. The highest BCUT2D eigenvalue weighted by Gasteiger charge is 2.16. The highest BCUT2D eigenvalue weighted by atomic mass is 16.9. The lowest BCUT2D eigenvalue weighted by Crippen LogP contribution is -2.25. The summed E-state index contributed by atoms with van der Waals surface area (Å²) in [6, 6.07) is 7.69. The van der Waals surface area contributed by atoms with Crippen LogP contribution in [-0.2, 0) is 0 Å². The average Bonchev–Trinajstić information content (AvgIpc) is 2.30. The molecule has 0 bridgehead atoms. The molecule has 0 saturated carbocycles. The summed E-state index contributed by atoms with van der Waals surface area (Å²) < 4.78 is 0. The summed E-state index contributed by atoms with van der Waals surface area (Å²) >= 11 is 0. The standard InChI is InChI=1S/C13H17NO2/c1-2-3-4-8-12-10-11-7-5-6-9-13(11)16-14(12)15/h5-7,9-10,15H,2-4,8H2,1H3. The molecule has 1 aliphatic rings. The number of hydroxylamine groups is 2. The predicted octanol–water partition coefficient (Wildman–Crippen LogP) is 3.61. The van der Waals surface area contributed by atoms with Crippen molar-refractivity contribution >= 4 is 6.08 Å². The third-order valence-electron chi connectivity index (χ3n) is 2.71. The number of benzene rings is 1. The molecule has 86 valence electrons. The molecule has 1 aromatic rings. The summed E-state index contributed by atoms with van der Waals surface area (Å²) in [6.07, 6.45) is 6.25. The molecular formula is C13H17NO2. The molecule has 0 spiro atoms. The van der Waals surface area contributed by atoms with Crippen LogP contribution >= 0.6 is 0 Å². The fraction of sp³-hybridized carbons (Fsp3) is 0.385. The van der Waals surface area contributed by atoms with E-state index in [1.807, 2.05) is 30.3 Å². The highest BCUT2D eigenvalue weighted by molar-refractivity contribution is 5.60. The minimum Gasteiger partial charge on any atom is -0.354 e. The van der Waals surface area contributed by atoms with Crippen LogP contribution < -0.4 is 4.84 Å². The Kier molecular flexibility index (Phi) is 3.47. The Morgan fingerprint density at radius 1 is 1.25 bits per heavy atom. The number of para-hydroxylation sites is 1. The van der Waals surface area contributed by atoms with Crippen LogP contribution in [0.4, 0.5) is 0 Å². The van der Waals surface area contributed by atoms with Gasteiger partial charge in [-0.25, -0.2) is 0 Å². The zero-order valence-corrected chi connectivity index (χ0v) is 9.52. The Hall–Kier alpha value is -1.48. The maximum absolute atomic E-state index is 9.66. The van der Waals surface area contributed by atoms with Gasteiger partial charge in [0.2, 0.25) is 0 Å². The molecule has 16 heavy (non-hydrogen) atoms. The summed E-state index contributed by atoms with van der Waals surface area (Å²) in [5.74, 6) is 0.698.